The van der Waals surface area contributed by atoms with Crippen molar-refractivity contribution in [3.8, 4) is 0 Å². The first kappa shape index (κ1) is 17.6. The maximum Gasteiger partial charge on any atom is 0.303 e. The smallest absolute Gasteiger partial charge is 0.303 e. The minimum atomic E-state index is -0.819. The van der Waals surface area contributed by atoms with Crippen molar-refractivity contribution in [3.63, 3.8) is 0 Å². The molecule has 0 atom stereocenters. The number of hydrogen-bond donors (Lipinski definition) is 3. The van der Waals surface area contributed by atoms with E-state index in [2.05, 4.69) is 4.98 Å². The van der Waals surface area contributed by atoms with Crippen LogP contribution in [0.1, 0.15) is 42.5 Å². The summed E-state index contributed by atoms with van der Waals surface area (Å²) in [4.78, 5) is 34.0. The maximum atomic E-state index is 10.4. The summed E-state index contributed by atoms with van der Waals surface area (Å²) in [7, 11) is 0. The van der Waals surface area contributed by atoms with Gasteiger partial charge in [0.1, 0.15) is 0 Å². The third kappa shape index (κ3) is 10.7. The molecule has 7 heteroatoms. The lowest BCUT2D eigenvalue weighted by molar-refractivity contribution is -0.137. The number of unbranched alkanes of at least 4 members (excludes halogenated alkanes) is 2. The van der Waals surface area contributed by atoms with Gasteiger partial charge in [-0.15, -0.1) is 0 Å². The van der Waals surface area contributed by atoms with Crippen molar-refractivity contribution in [1.82, 2.24) is 4.98 Å². The summed E-state index contributed by atoms with van der Waals surface area (Å²) in [6.07, 6.45) is 5.12. The van der Waals surface area contributed by atoms with Gasteiger partial charge >= 0.3 is 11.9 Å². The van der Waals surface area contributed by atoms with Crippen molar-refractivity contribution < 1.29 is 24.6 Å². The van der Waals surface area contributed by atoms with Gasteiger partial charge in [0.15, 0.2) is 0 Å². The molecule has 0 aliphatic rings. The number of carboxylic acids is 2. The summed E-state index contributed by atoms with van der Waals surface area (Å²) in [5.74, 6) is -2.08. The lowest BCUT2D eigenvalue weighted by atomic mass is 10.1. The van der Waals surface area contributed by atoms with Crippen LogP contribution < -0.4 is 5.73 Å². The van der Waals surface area contributed by atoms with Gasteiger partial charge < -0.3 is 15.9 Å². The molecule has 0 unspecified atom stereocenters. The van der Waals surface area contributed by atoms with Crippen LogP contribution in [-0.4, -0.2) is 33.0 Å². The van der Waals surface area contributed by atoms with E-state index in [1.54, 1.807) is 18.3 Å². The Bertz CT molecular complexity index is 418. The second kappa shape index (κ2) is 10.5. The van der Waals surface area contributed by atoms with E-state index in [1.807, 2.05) is 0 Å². The first-order valence-electron chi connectivity index (χ1n) is 6.07. The second-order valence-corrected chi connectivity index (χ2v) is 3.95. The van der Waals surface area contributed by atoms with Crippen molar-refractivity contribution in [3.05, 3.63) is 30.1 Å². The molecule has 0 saturated heterocycles. The van der Waals surface area contributed by atoms with E-state index < -0.39 is 17.8 Å². The lowest BCUT2D eigenvalue weighted by Gasteiger charge is -1.94. The van der Waals surface area contributed by atoms with Crippen LogP contribution in [0.25, 0.3) is 0 Å². The standard InChI is InChI=1S/C7H12O4.C6H6N2O/c8-6(9)4-2-1-3-5-7(10)11;7-6(9)5-2-1-3-8-4-5/h1-5H2,(H,8,9)(H,10,11);1-4H,(H2,7,9). The molecule has 7 nitrogen and oxygen atoms in total. The summed E-state index contributed by atoms with van der Waals surface area (Å²) < 4.78 is 0. The minimum absolute atomic E-state index is 0.139. The molecule has 1 heterocycles. The average molecular weight is 282 g/mol. The molecule has 1 amide bonds. The van der Waals surface area contributed by atoms with Crippen molar-refractivity contribution in [2.75, 3.05) is 0 Å². The fraction of sp³-hybridized carbons (Fsp3) is 0.385. The Balaban J connectivity index is 0.000000367. The number of nitrogens with two attached hydrogens (primary N) is 1. The molecule has 0 spiro atoms. The number of rotatable bonds is 7. The summed E-state index contributed by atoms with van der Waals surface area (Å²) in [5, 5.41) is 16.4. The molecule has 0 saturated carbocycles. The van der Waals surface area contributed by atoms with E-state index >= 15 is 0 Å². The summed E-state index contributed by atoms with van der Waals surface area (Å²) >= 11 is 0. The number of aromatic nitrogens is 1. The number of pyridine rings is 1. The molecule has 0 aromatic carbocycles. The number of hydrogen-bond acceptors (Lipinski definition) is 4. The molecule has 0 bridgehead atoms. The summed E-state index contributed by atoms with van der Waals surface area (Å²) in [5.41, 5.74) is 5.38. The van der Waals surface area contributed by atoms with E-state index in [0.29, 0.717) is 24.8 Å². The van der Waals surface area contributed by atoms with E-state index in [-0.39, 0.29) is 12.8 Å². The highest BCUT2D eigenvalue weighted by molar-refractivity contribution is 5.92. The number of nitrogens with zero attached hydrogens (tertiary/aromatic N) is 1. The van der Waals surface area contributed by atoms with Crippen molar-refractivity contribution in [1.29, 1.82) is 0 Å². The lowest BCUT2D eigenvalue weighted by Crippen LogP contribution is -2.10. The summed E-state index contributed by atoms with van der Waals surface area (Å²) in [6, 6.07) is 3.29. The van der Waals surface area contributed by atoms with Crippen LogP contribution in [0.3, 0.4) is 0 Å². The van der Waals surface area contributed by atoms with Crippen LogP contribution in [-0.2, 0) is 9.59 Å². The minimum Gasteiger partial charge on any atom is -0.481 e. The number of carboxylic acid groups (broad SMARTS) is 2. The maximum absolute atomic E-state index is 10.4. The Morgan fingerprint density at radius 3 is 1.90 bits per heavy atom. The first-order chi connectivity index (χ1) is 9.43. The number of carbonyl (C=O) groups is 3. The van der Waals surface area contributed by atoms with E-state index in [0.717, 1.165) is 0 Å². The molecule has 0 radical (unpaired) electrons. The molecule has 1 rings (SSSR count). The van der Waals surface area contributed by atoms with Crippen LogP contribution in [0.4, 0.5) is 0 Å². The molecular formula is C13H18N2O5. The molecule has 4 N–H and O–H groups in total. The van der Waals surface area contributed by atoms with Gasteiger partial charge in [0, 0.05) is 25.2 Å². The van der Waals surface area contributed by atoms with E-state index in [9.17, 15) is 14.4 Å². The van der Waals surface area contributed by atoms with Gasteiger partial charge in [-0.3, -0.25) is 19.4 Å². The van der Waals surface area contributed by atoms with Gasteiger partial charge in [-0.2, -0.15) is 0 Å². The Hall–Kier alpha value is -2.44. The van der Waals surface area contributed by atoms with Crippen molar-refractivity contribution in [2.45, 2.75) is 32.1 Å². The fourth-order valence-corrected chi connectivity index (χ4v) is 1.24. The van der Waals surface area contributed by atoms with Crippen LogP contribution in [0.5, 0.6) is 0 Å². The van der Waals surface area contributed by atoms with Gasteiger partial charge in [-0.1, -0.05) is 6.42 Å². The molecule has 20 heavy (non-hydrogen) atoms. The predicted molar refractivity (Wildman–Crippen MR) is 71.1 cm³/mol. The Morgan fingerprint density at radius 1 is 1.05 bits per heavy atom. The van der Waals surface area contributed by atoms with Gasteiger partial charge in [0.25, 0.3) is 0 Å². The van der Waals surface area contributed by atoms with Crippen molar-refractivity contribution in [2.24, 2.45) is 5.73 Å². The molecule has 1 aromatic rings. The topological polar surface area (TPSA) is 131 Å². The van der Waals surface area contributed by atoms with Gasteiger partial charge in [-0.05, 0) is 25.0 Å². The Labute approximate surface area is 116 Å². The molecule has 0 fully saturated rings. The second-order valence-electron chi connectivity index (χ2n) is 3.95. The number of aliphatic carboxylic acids is 2. The SMILES string of the molecule is NC(=O)c1cccnc1.O=C(O)CCCCCC(=O)O. The van der Waals surface area contributed by atoms with Crippen LogP contribution in [0, 0.1) is 0 Å². The molecule has 110 valence electrons. The molecule has 0 aliphatic carbocycles. The predicted octanol–water partition coefficient (Wildman–Crippen LogP) is 1.29. The Morgan fingerprint density at radius 2 is 1.60 bits per heavy atom. The fourth-order valence-electron chi connectivity index (χ4n) is 1.24. The molecular weight excluding hydrogens is 264 g/mol. The third-order valence-electron chi connectivity index (χ3n) is 2.23. The third-order valence-corrected chi connectivity index (χ3v) is 2.23. The highest BCUT2D eigenvalue weighted by atomic mass is 16.4. The van der Waals surface area contributed by atoms with E-state index in [1.165, 1.54) is 6.20 Å². The van der Waals surface area contributed by atoms with Gasteiger partial charge in [0.05, 0.1) is 5.56 Å². The Kier molecular flexibility index (Phi) is 9.20. The quantitative estimate of drug-likeness (QED) is 0.646. The summed E-state index contributed by atoms with van der Waals surface area (Å²) in [6.45, 7) is 0. The van der Waals surface area contributed by atoms with Gasteiger partial charge in [-0.25, -0.2) is 0 Å². The molecule has 1 aromatic heterocycles. The number of primary amides is 1. The van der Waals surface area contributed by atoms with Crippen LogP contribution in [0.2, 0.25) is 0 Å². The average Bonchev–Trinajstić information content (AvgIpc) is 2.39. The highest BCUT2D eigenvalue weighted by Gasteiger charge is 1.98. The normalized spacial score (nSPS) is 9.20. The zero-order chi connectivity index (χ0) is 15.4. The first-order valence-corrected chi connectivity index (χ1v) is 6.07. The zero-order valence-corrected chi connectivity index (χ0v) is 11.0. The van der Waals surface area contributed by atoms with Crippen molar-refractivity contribution >= 4 is 17.8 Å². The highest BCUT2D eigenvalue weighted by Crippen LogP contribution is 2.02. The van der Waals surface area contributed by atoms with Crippen LogP contribution >= 0.6 is 0 Å². The zero-order valence-electron chi connectivity index (χ0n) is 11.0. The van der Waals surface area contributed by atoms with E-state index in [4.69, 9.17) is 15.9 Å². The molecule has 0 aliphatic heterocycles. The largest absolute Gasteiger partial charge is 0.481 e. The number of carbonyl (C=O) groups excluding carboxylic acids is 1. The van der Waals surface area contributed by atoms with Gasteiger partial charge in [0.2, 0.25) is 5.91 Å². The monoisotopic (exact) mass is 282 g/mol. The number of amides is 1. The van der Waals surface area contributed by atoms with Crippen LogP contribution in [0.15, 0.2) is 24.5 Å².